The highest BCUT2D eigenvalue weighted by Crippen LogP contribution is 2.65. The normalized spacial score (nSPS) is 23.1. The fourth-order valence-corrected chi connectivity index (χ4v) is 6.10. The summed E-state index contributed by atoms with van der Waals surface area (Å²) in [7, 11) is 2.69. The van der Waals surface area contributed by atoms with Gasteiger partial charge in [0.15, 0.2) is 11.6 Å². The minimum Gasteiger partial charge on any atom is -0.493 e. The smallest absolute Gasteiger partial charge is 0.337 e. The number of carbonyl (C=O) groups excluding carboxylic acids is 2. The molecule has 7 heteroatoms. The molecule has 3 fully saturated rings. The van der Waals surface area contributed by atoms with E-state index >= 15 is 0 Å². The van der Waals surface area contributed by atoms with E-state index in [0.29, 0.717) is 24.0 Å². The number of ether oxygens (including phenoxy) is 3. The molecular formula is C29H34FNO5. The Morgan fingerprint density at radius 3 is 2.50 bits per heavy atom. The van der Waals surface area contributed by atoms with Gasteiger partial charge in [0.2, 0.25) is 5.91 Å². The second-order valence-electron chi connectivity index (χ2n) is 10.3. The number of nitrogens with zero attached hydrogens (tertiary/aromatic N) is 1. The Morgan fingerprint density at radius 1 is 1.06 bits per heavy atom. The first-order valence-corrected chi connectivity index (χ1v) is 12.9. The number of carbonyl (C=O) groups is 2. The van der Waals surface area contributed by atoms with Crippen LogP contribution in [-0.2, 0) is 14.3 Å². The van der Waals surface area contributed by atoms with Crippen molar-refractivity contribution in [1.82, 2.24) is 4.90 Å². The predicted octanol–water partition coefficient (Wildman–Crippen LogP) is 5.20. The van der Waals surface area contributed by atoms with Crippen LogP contribution in [-0.4, -0.2) is 57.3 Å². The topological polar surface area (TPSA) is 65.1 Å². The molecule has 2 atom stereocenters. The van der Waals surface area contributed by atoms with Gasteiger partial charge in [0.05, 0.1) is 19.8 Å². The van der Waals surface area contributed by atoms with Gasteiger partial charge in [-0.2, -0.15) is 0 Å². The van der Waals surface area contributed by atoms with E-state index in [1.165, 1.54) is 19.8 Å². The van der Waals surface area contributed by atoms with Crippen LogP contribution >= 0.6 is 0 Å². The summed E-state index contributed by atoms with van der Waals surface area (Å²) < 4.78 is 30.2. The lowest BCUT2D eigenvalue weighted by Gasteiger charge is -2.35. The second kappa shape index (κ2) is 10.2. The van der Waals surface area contributed by atoms with E-state index in [-0.39, 0.29) is 22.6 Å². The van der Waals surface area contributed by atoms with Crippen LogP contribution in [0.1, 0.15) is 60.4 Å². The van der Waals surface area contributed by atoms with Gasteiger partial charge in [-0.15, -0.1) is 0 Å². The number of rotatable bonds is 5. The van der Waals surface area contributed by atoms with Crippen molar-refractivity contribution >= 4 is 11.9 Å². The summed E-state index contributed by atoms with van der Waals surface area (Å²) in [6.45, 7) is 3.13. The molecule has 2 heterocycles. The summed E-state index contributed by atoms with van der Waals surface area (Å²) in [5, 5.41) is 0. The van der Waals surface area contributed by atoms with Gasteiger partial charge in [0, 0.05) is 37.8 Å². The molecule has 0 bridgehead atoms. The van der Waals surface area contributed by atoms with Crippen LogP contribution in [0.5, 0.6) is 5.75 Å². The number of halogens is 1. The summed E-state index contributed by atoms with van der Waals surface area (Å²) in [6, 6.07) is 10.9. The number of amides is 1. The molecule has 1 saturated carbocycles. The van der Waals surface area contributed by atoms with Crippen LogP contribution in [0, 0.1) is 17.2 Å². The zero-order valence-electron chi connectivity index (χ0n) is 21.1. The zero-order valence-corrected chi connectivity index (χ0v) is 21.1. The van der Waals surface area contributed by atoms with Crippen molar-refractivity contribution in [1.29, 1.82) is 0 Å². The third-order valence-electron chi connectivity index (χ3n) is 8.35. The molecule has 0 N–H and O–H groups in total. The van der Waals surface area contributed by atoms with Crippen LogP contribution in [0.15, 0.2) is 36.4 Å². The summed E-state index contributed by atoms with van der Waals surface area (Å²) in [5.74, 6) is -0.175. The van der Waals surface area contributed by atoms with E-state index in [4.69, 9.17) is 14.2 Å². The lowest BCUT2D eigenvalue weighted by molar-refractivity contribution is -0.137. The summed E-state index contributed by atoms with van der Waals surface area (Å²) in [4.78, 5) is 27.1. The second-order valence-corrected chi connectivity index (χ2v) is 10.3. The highest BCUT2D eigenvalue weighted by molar-refractivity contribution is 5.92. The fourth-order valence-electron chi connectivity index (χ4n) is 6.10. The largest absolute Gasteiger partial charge is 0.493 e. The van der Waals surface area contributed by atoms with E-state index in [1.54, 1.807) is 6.07 Å². The number of likely N-dealkylation sites (tertiary alicyclic amines) is 1. The van der Waals surface area contributed by atoms with Gasteiger partial charge in [-0.3, -0.25) is 4.79 Å². The first-order valence-electron chi connectivity index (χ1n) is 12.9. The van der Waals surface area contributed by atoms with E-state index in [1.807, 2.05) is 12.1 Å². The predicted molar refractivity (Wildman–Crippen MR) is 133 cm³/mol. The number of esters is 1. The minimum atomic E-state index is -0.599. The molecule has 2 aromatic carbocycles. The van der Waals surface area contributed by atoms with Gasteiger partial charge < -0.3 is 19.1 Å². The van der Waals surface area contributed by atoms with Crippen LogP contribution in [0.2, 0.25) is 0 Å². The van der Waals surface area contributed by atoms with Gasteiger partial charge in [-0.1, -0.05) is 24.3 Å². The Hall–Kier alpha value is -2.93. The lowest BCUT2D eigenvalue weighted by Crippen LogP contribution is -2.42. The van der Waals surface area contributed by atoms with E-state index in [2.05, 4.69) is 17.0 Å². The number of benzene rings is 2. The Morgan fingerprint density at radius 2 is 1.81 bits per heavy atom. The molecule has 1 spiro atoms. The zero-order chi connectivity index (χ0) is 25.3. The average Bonchev–Trinajstić information content (AvgIpc) is 3.67. The molecule has 2 aromatic rings. The minimum absolute atomic E-state index is 0.107. The monoisotopic (exact) mass is 495 g/mol. The van der Waals surface area contributed by atoms with Crippen LogP contribution < -0.4 is 4.74 Å². The first kappa shape index (κ1) is 24.8. The van der Waals surface area contributed by atoms with Gasteiger partial charge in [-0.05, 0) is 73.1 Å². The van der Waals surface area contributed by atoms with E-state index in [0.717, 1.165) is 69.9 Å². The Kier molecular flexibility index (Phi) is 7.02. The quantitative estimate of drug-likeness (QED) is 0.534. The molecule has 0 radical (unpaired) electrons. The van der Waals surface area contributed by atoms with Crippen molar-refractivity contribution in [3.05, 3.63) is 53.3 Å². The van der Waals surface area contributed by atoms with Gasteiger partial charge >= 0.3 is 5.97 Å². The van der Waals surface area contributed by atoms with Crippen molar-refractivity contribution in [3.8, 4) is 16.9 Å². The van der Waals surface area contributed by atoms with Crippen LogP contribution in [0.25, 0.3) is 11.1 Å². The molecule has 1 unspecified atom stereocenters. The van der Waals surface area contributed by atoms with Gasteiger partial charge in [-0.25, -0.2) is 9.18 Å². The van der Waals surface area contributed by atoms with Crippen molar-refractivity contribution in [2.24, 2.45) is 11.3 Å². The van der Waals surface area contributed by atoms with Gasteiger partial charge in [0.1, 0.15) is 0 Å². The average molecular weight is 496 g/mol. The third-order valence-corrected chi connectivity index (χ3v) is 8.35. The summed E-state index contributed by atoms with van der Waals surface area (Å²) in [6.07, 6.45) is 5.96. The Balaban J connectivity index is 1.26. The fraction of sp³-hybridized carbons (Fsp3) is 0.517. The van der Waals surface area contributed by atoms with Crippen molar-refractivity contribution in [2.75, 3.05) is 40.5 Å². The standard InChI is InChI=1S/C29H34FNO5/c1-34-26-23(16-22(17-25(26)30)28(33)35-2)19-5-7-20(8-6-19)24-18-29(24)10-12-31(13-11-29)27(32)21-4-3-14-36-15-9-21/h5-8,16-17,21,24H,3-4,9-15,18H2,1-2H3/t21-,24?/m0/s1. The van der Waals surface area contributed by atoms with Crippen molar-refractivity contribution < 1.29 is 28.2 Å². The van der Waals surface area contributed by atoms with Crippen LogP contribution in [0.3, 0.4) is 0 Å². The maximum absolute atomic E-state index is 14.6. The molecule has 1 aliphatic carbocycles. The molecule has 5 rings (SSSR count). The number of hydrogen-bond donors (Lipinski definition) is 0. The molecule has 192 valence electrons. The number of piperidine rings is 1. The highest BCUT2D eigenvalue weighted by Gasteiger charge is 2.55. The Bertz CT molecular complexity index is 1120. The molecule has 0 aromatic heterocycles. The third kappa shape index (κ3) is 4.73. The van der Waals surface area contributed by atoms with Gasteiger partial charge in [0.25, 0.3) is 0 Å². The molecule has 1 amide bonds. The number of methoxy groups -OCH3 is 2. The highest BCUT2D eigenvalue weighted by atomic mass is 19.1. The molecular weight excluding hydrogens is 461 g/mol. The number of hydrogen-bond acceptors (Lipinski definition) is 5. The molecule has 3 aliphatic rings. The summed E-state index contributed by atoms with van der Waals surface area (Å²) >= 11 is 0. The molecule has 6 nitrogen and oxygen atoms in total. The van der Waals surface area contributed by atoms with Crippen molar-refractivity contribution in [3.63, 3.8) is 0 Å². The Labute approximate surface area is 211 Å². The van der Waals surface area contributed by atoms with E-state index < -0.39 is 11.8 Å². The summed E-state index contributed by atoms with van der Waals surface area (Å²) in [5.41, 5.74) is 2.99. The molecule has 2 saturated heterocycles. The molecule has 2 aliphatic heterocycles. The lowest BCUT2D eigenvalue weighted by atomic mass is 9.87. The van der Waals surface area contributed by atoms with Crippen LogP contribution in [0.4, 0.5) is 4.39 Å². The maximum atomic E-state index is 14.6. The van der Waals surface area contributed by atoms with E-state index in [9.17, 15) is 14.0 Å². The first-order chi connectivity index (χ1) is 17.5. The molecule has 36 heavy (non-hydrogen) atoms. The van der Waals surface area contributed by atoms with Crippen molar-refractivity contribution in [2.45, 2.75) is 44.4 Å². The SMILES string of the molecule is COC(=O)c1cc(F)c(OC)c(-c2ccc(C3CC34CCN(C(=O)[C@H]3CCCOCC3)CC4)cc2)c1. The maximum Gasteiger partial charge on any atom is 0.337 e.